The number of hydrogen-bond acceptors (Lipinski definition) is 14. The van der Waals surface area contributed by atoms with E-state index < -0.39 is 69.3 Å². The molecule has 20 heteroatoms. The van der Waals surface area contributed by atoms with Crippen LogP contribution in [0.3, 0.4) is 0 Å². The topological polar surface area (TPSA) is 278 Å². The summed E-state index contributed by atoms with van der Waals surface area (Å²) in [6.45, 7) is 4.21. The van der Waals surface area contributed by atoms with Crippen molar-refractivity contribution in [3.63, 3.8) is 0 Å². The number of oxime groups is 1. The zero-order valence-corrected chi connectivity index (χ0v) is 29.0. The summed E-state index contributed by atoms with van der Waals surface area (Å²) in [5, 5.41) is 46.2. The molecule has 0 saturated carbocycles. The molecular formula is C31H33N7O11S2. The summed E-state index contributed by atoms with van der Waals surface area (Å²) in [5.74, 6) is -6.21. The van der Waals surface area contributed by atoms with E-state index in [9.17, 15) is 49.2 Å². The highest BCUT2D eigenvalue weighted by Crippen LogP contribution is 2.41. The SMILES string of the molecule is CCCCN(CC1=C(C(=O)O)N2C(=O)C(NC(=O)/C(=N\OC(C)(C)C(=O)O)c3csc(N)n3)[C@@H]2SC1)C(=O)c1c[nH]c2cc(O)c(O)cc2c1=O. The number of carboxylic acid groups (broad SMARTS) is 2. The van der Waals surface area contributed by atoms with Gasteiger partial charge in [-0.2, -0.15) is 0 Å². The zero-order chi connectivity index (χ0) is 37.4. The number of nitrogens with two attached hydrogens (primary N) is 1. The summed E-state index contributed by atoms with van der Waals surface area (Å²) in [5.41, 5.74) is 2.42. The minimum Gasteiger partial charge on any atom is -0.504 e. The molecule has 5 rings (SSSR count). The summed E-state index contributed by atoms with van der Waals surface area (Å²) in [6, 6.07) is 0.970. The van der Waals surface area contributed by atoms with Gasteiger partial charge < -0.3 is 46.2 Å². The van der Waals surface area contributed by atoms with E-state index >= 15 is 0 Å². The first-order chi connectivity index (χ1) is 24.0. The van der Waals surface area contributed by atoms with Crippen LogP contribution in [-0.2, 0) is 24.0 Å². The summed E-state index contributed by atoms with van der Waals surface area (Å²) in [6.07, 6.45) is 2.35. The number of aromatic amines is 1. The number of benzene rings is 1. The molecule has 270 valence electrons. The van der Waals surface area contributed by atoms with Gasteiger partial charge in [0.2, 0.25) is 11.0 Å². The predicted octanol–water partition coefficient (Wildman–Crippen LogP) is 1.24. The Morgan fingerprint density at radius 3 is 2.53 bits per heavy atom. The summed E-state index contributed by atoms with van der Waals surface area (Å²) in [4.78, 5) is 92.2. The molecule has 0 spiro atoms. The highest BCUT2D eigenvalue weighted by Gasteiger charge is 2.54. The van der Waals surface area contributed by atoms with Crippen molar-refractivity contribution in [2.24, 2.45) is 5.16 Å². The molecule has 0 radical (unpaired) electrons. The molecule has 18 nitrogen and oxygen atoms in total. The van der Waals surface area contributed by atoms with Gasteiger partial charge in [0, 0.05) is 36.5 Å². The predicted molar refractivity (Wildman–Crippen MR) is 184 cm³/mol. The Morgan fingerprint density at radius 1 is 1.20 bits per heavy atom. The number of β-lactam (4-membered cyclic amide) rings is 1. The van der Waals surface area contributed by atoms with E-state index in [1.807, 2.05) is 6.92 Å². The quantitative estimate of drug-likeness (QED) is 0.0562. The van der Waals surface area contributed by atoms with Crippen molar-refractivity contribution in [1.82, 2.24) is 25.1 Å². The second kappa shape index (κ2) is 14.3. The fraction of sp³-hybridized carbons (Fsp3) is 0.355. The minimum atomic E-state index is -1.83. The Hall–Kier alpha value is -5.63. The van der Waals surface area contributed by atoms with Crippen LogP contribution in [0.15, 0.2) is 44.9 Å². The highest BCUT2D eigenvalue weighted by molar-refractivity contribution is 8.00. The van der Waals surface area contributed by atoms with Gasteiger partial charge in [-0.25, -0.2) is 14.6 Å². The van der Waals surface area contributed by atoms with Crippen molar-refractivity contribution in [1.29, 1.82) is 0 Å². The molecule has 1 saturated heterocycles. The fourth-order valence-electron chi connectivity index (χ4n) is 5.22. The first kappa shape index (κ1) is 36.6. The average molecular weight is 744 g/mol. The van der Waals surface area contributed by atoms with Crippen molar-refractivity contribution in [2.45, 2.75) is 50.6 Å². The number of aliphatic carboxylic acids is 2. The third-order valence-corrected chi connectivity index (χ3v) is 10.1. The number of phenols is 2. The first-order valence-electron chi connectivity index (χ1n) is 15.3. The number of carbonyl (C=O) groups is 5. The molecule has 51 heavy (non-hydrogen) atoms. The van der Waals surface area contributed by atoms with Crippen LogP contribution in [-0.4, -0.2) is 111 Å². The summed E-state index contributed by atoms with van der Waals surface area (Å²) >= 11 is 2.12. The number of pyridine rings is 1. The average Bonchev–Trinajstić information content (AvgIpc) is 3.51. The molecule has 1 unspecified atom stereocenters. The zero-order valence-electron chi connectivity index (χ0n) is 27.3. The van der Waals surface area contributed by atoms with Crippen molar-refractivity contribution in [3.8, 4) is 11.5 Å². The maximum atomic E-state index is 13.8. The number of H-pyrrole nitrogens is 1. The summed E-state index contributed by atoms with van der Waals surface area (Å²) < 4.78 is 0. The fourth-order valence-corrected chi connectivity index (χ4v) is 7.10. The van der Waals surface area contributed by atoms with E-state index in [2.05, 4.69) is 20.4 Å². The minimum absolute atomic E-state index is 0.0402. The van der Waals surface area contributed by atoms with Crippen molar-refractivity contribution >= 4 is 74.5 Å². The number of rotatable bonds is 13. The number of anilines is 1. The number of nitrogens with one attached hydrogen (secondary N) is 2. The van der Waals surface area contributed by atoms with E-state index in [4.69, 9.17) is 10.6 Å². The molecule has 4 heterocycles. The summed E-state index contributed by atoms with van der Waals surface area (Å²) in [7, 11) is 0. The van der Waals surface area contributed by atoms with Gasteiger partial charge >= 0.3 is 11.9 Å². The largest absolute Gasteiger partial charge is 0.504 e. The Kier molecular flexibility index (Phi) is 10.3. The number of carboxylic acids is 2. The number of carbonyl (C=O) groups excluding carboxylic acids is 3. The number of aromatic nitrogens is 2. The van der Waals surface area contributed by atoms with Gasteiger partial charge in [0.05, 0.1) is 10.9 Å². The second-order valence-corrected chi connectivity index (χ2v) is 14.0. The number of amides is 3. The number of nitrogens with zero attached hydrogens (tertiary/aromatic N) is 4. The van der Waals surface area contributed by atoms with Crippen LogP contribution in [0.5, 0.6) is 11.5 Å². The van der Waals surface area contributed by atoms with Gasteiger partial charge in [0.1, 0.15) is 28.4 Å². The molecule has 2 atom stereocenters. The van der Waals surface area contributed by atoms with Crippen LogP contribution in [0.2, 0.25) is 0 Å². The van der Waals surface area contributed by atoms with E-state index in [-0.39, 0.29) is 57.4 Å². The smallest absolute Gasteiger partial charge is 0.352 e. The molecule has 1 fully saturated rings. The van der Waals surface area contributed by atoms with Gasteiger partial charge in [-0.3, -0.25) is 24.1 Å². The monoisotopic (exact) mass is 743 g/mol. The van der Waals surface area contributed by atoms with Crippen LogP contribution < -0.4 is 16.5 Å². The van der Waals surface area contributed by atoms with Crippen LogP contribution in [0, 0.1) is 0 Å². The van der Waals surface area contributed by atoms with Crippen LogP contribution in [0.1, 0.15) is 49.7 Å². The van der Waals surface area contributed by atoms with Crippen molar-refractivity contribution < 1.29 is 49.2 Å². The van der Waals surface area contributed by atoms with Gasteiger partial charge in [-0.15, -0.1) is 23.1 Å². The number of thioether (sulfide) groups is 1. The molecule has 2 aliphatic rings. The molecule has 1 aromatic carbocycles. The van der Waals surface area contributed by atoms with E-state index in [0.717, 1.165) is 40.1 Å². The number of thiazole rings is 1. The lowest BCUT2D eigenvalue weighted by Gasteiger charge is -2.49. The molecule has 2 aliphatic heterocycles. The Morgan fingerprint density at radius 2 is 1.90 bits per heavy atom. The van der Waals surface area contributed by atoms with Gasteiger partial charge in [-0.05, 0) is 31.9 Å². The normalized spacial score (nSPS) is 17.5. The molecule has 3 amide bonds. The maximum absolute atomic E-state index is 13.8. The van der Waals surface area contributed by atoms with E-state index in [1.165, 1.54) is 30.3 Å². The Balaban J connectivity index is 1.40. The van der Waals surface area contributed by atoms with E-state index in [1.54, 1.807) is 0 Å². The molecule has 0 bridgehead atoms. The Labute approximate surface area is 296 Å². The highest BCUT2D eigenvalue weighted by atomic mass is 32.2. The van der Waals surface area contributed by atoms with Crippen LogP contribution >= 0.6 is 23.1 Å². The van der Waals surface area contributed by atoms with Crippen molar-refractivity contribution in [2.75, 3.05) is 24.6 Å². The lowest BCUT2D eigenvalue weighted by Crippen LogP contribution is -2.71. The molecular weight excluding hydrogens is 711 g/mol. The number of unbranched alkanes of at least 4 members (excludes halogenated alkanes) is 1. The first-order valence-corrected chi connectivity index (χ1v) is 17.3. The lowest BCUT2D eigenvalue weighted by molar-refractivity contribution is -0.161. The Bertz CT molecular complexity index is 2070. The van der Waals surface area contributed by atoms with E-state index in [0.29, 0.717) is 12.8 Å². The number of fused-ring (bicyclic) bond motifs is 2. The number of phenolic OH excluding ortho intramolecular Hbond substituents is 2. The van der Waals surface area contributed by atoms with Crippen LogP contribution in [0.4, 0.5) is 5.13 Å². The van der Waals surface area contributed by atoms with Gasteiger partial charge in [0.25, 0.3) is 17.7 Å². The molecule has 0 aliphatic carbocycles. The van der Waals surface area contributed by atoms with Gasteiger partial charge in [-0.1, -0.05) is 18.5 Å². The van der Waals surface area contributed by atoms with Crippen molar-refractivity contribution in [3.05, 3.63) is 56.5 Å². The molecule has 8 N–H and O–H groups in total. The van der Waals surface area contributed by atoms with Gasteiger partial charge in [0.15, 0.2) is 22.3 Å². The number of nitrogen functional groups attached to an aromatic ring is 1. The third kappa shape index (κ3) is 7.17. The van der Waals surface area contributed by atoms with Crippen LogP contribution in [0.25, 0.3) is 10.9 Å². The lowest BCUT2D eigenvalue weighted by atomic mass is 10.0. The number of hydrogen-bond donors (Lipinski definition) is 7. The standard InChI is InChI=1S/C31H33N7O11S2/c1-4-5-6-37(25(43)15-9-33-16-8-19(40)18(39)7-14(16)23(15)41)10-13-11-50-27-21(26(44)38(27)22(13)28(45)46)35-24(42)20(17-12-51-30(32)34-17)36-49-31(2,3)29(47)48/h7-9,12,21,27,39-40H,4-6,10-11H2,1-3H3,(H2,32,34)(H,33,41)(H,35,42)(H,45,46)(H,47,48)/b36-20-/t21?,27-/m0/s1. The third-order valence-electron chi connectivity index (χ3n) is 8.05. The number of aromatic hydroxyl groups is 2. The molecule has 3 aromatic rings. The molecule has 2 aromatic heterocycles. The second-order valence-electron chi connectivity index (χ2n) is 12.0. The maximum Gasteiger partial charge on any atom is 0.352 e.